The SMILES string of the molecule is CC1CC2C=CC=C([Si](C)(C)[N-]c3ccc(Br)cc3)C2C1.[CH3-].[Cl][Ti][Cl]. The average molecular weight is 495 g/mol. The number of fused-ring (bicyclic) bond motifs is 1. The normalized spacial score (nSPS) is 24.2. The minimum atomic E-state index is -1.76. The van der Waals surface area contributed by atoms with Crippen molar-refractivity contribution < 1.29 is 17.0 Å². The van der Waals surface area contributed by atoms with E-state index >= 15 is 0 Å². The number of hydrogen-bond acceptors (Lipinski definition) is 0. The zero-order valence-electron chi connectivity index (χ0n) is 15.3. The van der Waals surface area contributed by atoms with Gasteiger partial charge in [-0.1, -0.05) is 71.5 Å². The first-order chi connectivity index (χ1) is 11.4. The topological polar surface area (TPSA) is 14.1 Å². The molecule has 1 aromatic carbocycles. The van der Waals surface area contributed by atoms with E-state index in [0.29, 0.717) is 0 Å². The maximum absolute atomic E-state index is 5.16. The van der Waals surface area contributed by atoms with Gasteiger partial charge >= 0.3 is 35.6 Å². The van der Waals surface area contributed by atoms with Crippen molar-refractivity contribution in [3.63, 3.8) is 0 Å². The van der Waals surface area contributed by atoms with Crippen molar-refractivity contribution in [3.05, 3.63) is 64.6 Å². The fraction of sp³-hybridized carbons (Fsp3) is 0.421. The summed E-state index contributed by atoms with van der Waals surface area (Å²) >= 11 is 2.94. The Bertz CT molecular complexity index is 604. The van der Waals surface area contributed by atoms with Crippen LogP contribution in [0.1, 0.15) is 19.8 Å². The quantitative estimate of drug-likeness (QED) is 0.297. The third-order valence-corrected chi connectivity index (χ3v) is 8.12. The fourth-order valence-corrected chi connectivity index (χ4v) is 6.82. The molecule has 1 aromatic rings. The van der Waals surface area contributed by atoms with Gasteiger partial charge in [0.2, 0.25) is 0 Å². The first-order valence-electron chi connectivity index (χ1n) is 8.21. The fourth-order valence-electron chi connectivity index (χ4n) is 3.89. The number of allylic oxidation sites excluding steroid dienone is 4. The van der Waals surface area contributed by atoms with E-state index in [4.69, 9.17) is 23.6 Å². The van der Waals surface area contributed by atoms with Crippen molar-refractivity contribution in [2.75, 3.05) is 0 Å². The van der Waals surface area contributed by atoms with Crippen LogP contribution >= 0.6 is 34.5 Å². The van der Waals surface area contributed by atoms with Gasteiger partial charge in [0.25, 0.3) is 0 Å². The maximum atomic E-state index is 5.16. The van der Waals surface area contributed by atoms with E-state index in [1.54, 1.807) is 5.20 Å². The van der Waals surface area contributed by atoms with E-state index in [-0.39, 0.29) is 7.43 Å². The molecule has 2 aliphatic carbocycles. The molecule has 0 bridgehead atoms. The summed E-state index contributed by atoms with van der Waals surface area (Å²) in [5.74, 6) is 2.35. The number of nitrogens with zero attached hydrogens (tertiary/aromatic N) is 1. The number of benzene rings is 1. The van der Waals surface area contributed by atoms with E-state index in [0.717, 1.165) is 27.9 Å². The van der Waals surface area contributed by atoms with Gasteiger partial charge in [-0.2, -0.15) is 0 Å². The van der Waals surface area contributed by atoms with Crippen LogP contribution < -0.4 is 0 Å². The molecule has 0 saturated heterocycles. The average Bonchev–Trinajstić information content (AvgIpc) is 2.90. The number of hydrogen-bond donors (Lipinski definition) is 0. The Kier molecular flexibility index (Phi) is 10.1. The van der Waals surface area contributed by atoms with Crippen LogP contribution in [-0.4, -0.2) is 8.24 Å². The summed E-state index contributed by atoms with van der Waals surface area (Å²) in [6.45, 7) is 7.17. The van der Waals surface area contributed by atoms with Crippen LogP contribution in [-0.2, 0) is 17.0 Å². The van der Waals surface area contributed by atoms with Crippen LogP contribution in [0.15, 0.2) is 52.2 Å². The van der Waals surface area contributed by atoms with E-state index in [9.17, 15) is 0 Å². The van der Waals surface area contributed by atoms with Gasteiger partial charge in [0.1, 0.15) is 0 Å². The first kappa shape index (κ1) is 23.5. The van der Waals surface area contributed by atoms with Gasteiger partial charge in [-0.05, 0) is 51.0 Å². The Morgan fingerprint density at radius 2 is 1.76 bits per heavy atom. The zero-order chi connectivity index (χ0) is 17.7. The second kappa shape index (κ2) is 10.7. The van der Waals surface area contributed by atoms with Gasteiger partial charge < -0.3 is 12.4 Å². The van der Waals surface area contributed by atoms with Crippen molar-refractivity contribution in [2.24, 2.45) is 17.8 Å². The van der Waals surface area contributed by atoms with Crippen LogP contribution in [0.2, 0.25) is 13.1 Å². The van der Waals surface area contributed by atoms with E-state index in [2.05, 4.69) is 78.4 Å². The first-order valence-corrected chi connectivity index (χ1v) is 16.2. The second-order valence-electron chi connectivity index (χ2n) is 7.07. The summed E-state index contributed by atoms with van der Waals surface area (Å²) < 4.78 is 1.12. The van der Waals surface area contributed by atoms with Crippen molar-refractivity contribution in [3.8, 4) is 0 Å². The predicted octanol–water partition coefficient (Wildman–Crippen LogP) is 8.18. The molecular formula is C19H26BrCl2NSiTi-2. The molecule has 25 heavy (non-hydrogen) atoms. The summed E-state index contributed by atoms with van der Waals surface area (Å²) in [6.07, 6.45) is 9.75. The van der Waals surface area contributed by atoms with Gasteiger partial charge in [0, 0.05) is 4.47 Å². The Morgan fingerprint density at radius 1 is 1.16 bits per heavy atom. The van der Waals surface area contributed by atoms with E-state index in [1.165, 1.54) is 12.8 Å². The molecule has 3 unspecified atom stereocenters. The van der Waals surface area contributed by atoms with E-state index in [1.807, 2.05) is 0 Å². The monoisotopic (exact) mass is 493 g/mol. The van der Waals surface area contributed by atoms with Gasteiger partial charge in [-0.15, -0.1) is 5.69 Å². The summed E-state index contributed by atoms with van der Waals surface area (Å²) in [6, 6.07) is 8.40. The van der Waals surface area contributed by atoms with Gasteiger partial charge in [0.05, 0.1) is 0 Å². The van der Waals surface area contributed by atoms with Crippen molar-refractivity contribution in [1.29, 1.82) is 0 Å². The molecule has 138 valence electrons. The molecule has 0 spiro atoms. The Morgan fingerprint density at radius 3 is 2.36 bits per heavy atom. The number of halogens is 3. The van der Waals surface area contributed by atoms with Crippen LogP contribution in [0.25, 0.3) is 4.98 Å². The molecule has 6 heteroatoms. The van der Waals surface area contributed by atoms with Crippen molar-refractivity contribution >= 4 is 48.5 Å². The van der Waals surface area contributed by atoms with E-state index < -0.39 is 25.3 Å². The second-order valence-corrected chi connectivity index (χ2v) is 14.5. The standard InChI is InChI=1S/C18H23BrNSi.CH3.2ClH.Ti/c1-13-11-14-5-4-6-18(17(14)12-13)21(2,3)20-16-9-7-15(19)8-10-16;;;;/h4-10,13-14,17H,11-12H2,1-3H3;1H3;2*1H;/q2*-1;;;+2/p-2. The van der Waals surface area contributed by atoms with Gasteiger partial charge in [-0.3, -0.25) is 0 Å². The third kappa shape index (κ3) is 6.55. The molecule has 0 radical (unpaired) electrons. The van der Waals surface area contributed by atoms with Crippen LogP contribution in [0.5, 0.6) is 0 Å². The predicted molar refractivity (Wildman–Crippen MR) is 115 cm³/mol. The van der Waals surface area contributed by atoms with Crippen LogP contribution in [0.3, 0.4) is 0 Å². The molecular weight excluding hydrogens is 469 g/mol. The molecule has 0 N–H and O–H groups in total. The van der Waals surface area contributed by atoms with Gasteiger partial charge in [-0.25, -0.2) is 0 Å². The summed E-state index contributed by atoms with van der Waals surface area (Å²) in [7, 11) is 8.02. The molecule has 3 atom stereocenters. The molecule has 0 heterocycles. The zero-order valence-corrected chi connectivity index (χ0v) is 20.9. The molecule has 0 aliphatic heterocycles. The van der Waals surface area contributed by atoms with Gasteiger partial charge in [0.15, 0.2) is 0 Å². The Hall–Kier alpha value is 0.491. The molecule has 3 rings (SSSR count). The van der Waals surface area contributed by atoms with Crippen LogP contribution in [0.4, 0.5) is 5.69 Å². The van der Waals surface area contributed by atoms with Crippen molar-refractivity contribution in [2.45, 2.75) is 32.9 Å². The molecule has 1 fully saturated rings. The molecule has 0 aromatic heterocycles. The minimum absolute atomic E-state index is 0. The van der Waals surface area contributed by atoms with Crippen molar-refractivity contribution in [1.82, 2.24) is 0 Å². The Labute approximate surface area is 179 Å². The molecule has 2 aliphatic rings. The summed E-state index contributed by atoms with van der Waals surface area (Å²) in [5, 5.41) is 1.64. The molecule has 1 saturated carbocycles. The molecule has 0 amide bonds. The number of rotatable bonds is 3. The van der Waals surface area contributed by atoms with Crippen LogP contribution in [0, 0.1) is 25.2 Å². The Balaban J connectivity index is 0.000000730. The molecule has 1 nitrogen and oxygen atoms in total. The third-order valence-electron chi connectivity index (χ3n) is 4.82. The summed E-state index contributed by atoms with van der Waals surface area (Å²) in [5.41, 5.74) is 1.12. The summed E-state index contributed by atoms with van der Waals surface area (Å²) in [4.78, 5) is 5.16.